The van der Waals surface area contributed by atoms with E-state index in [0.29, 0.717) is 23.2 Å². The molecule has 0 amide bonds. The third-order valence-electron chi connectivity index (χ3n) is 3.34. The zero-order chi connectivity index (χ0) is 13.7. The summed E-state index contributed by atoms with van der Waals surface area (Å²) in [5.74, 6) is 1.11. The first-order valence-electron chi connectivity index (χ1n) is 6.54. The van der Waals surface area contributed by atoms with E-state index in [9.17, 15) is 5.11 Å². The summed E-state index contributed by atoms with van der Waals surface area (Å²) in [4.78, 5) is 0. The van der Waals surface area contributed by atoms with Crippen LogP contribution in [-0.2, 0) is 11.3 Å². The molecule has 2 rings (SSSR count). The van der Waals surface area contributed by atoms with Gasteiger partial charge in [-0.3, -0.25) is 0 Å². The van der Waals surface area contributed by atoms with Gasteiger partial charge in [0, 0.05) is 36.3 Å². The average molecular weight is 286 g/mol. The monoisotopic (exact) mass is 285 g/mol. The van der Waals surface area contributed by atoms with Crippen molar-refractivity contribution in [1.82, 2.24) is 5.32 Å². The molecule has 1 aliphatic heterocycles. The van der Waals surface area contributed by atoms with Crippen LogP contribution in [0.25, 0.3) is 0 Å². The maximum Gasteiger partial charge on any atom is 0.162 e. The third kappa shape index (κ3) is 4.00. The minimum Gasteiger partial charge on any atom is -0.504 e. The van der Waals surface area contributed by atoms with Crippen molar-refractivity contribution >= 4 is 11.6 Å². The van der Waals surface area contributed by atoms with E-state index in [2.05, 4.69) is 5.32 Å². The summed E-state index contributed by atoms with van der Waals surface area (Å²) in [6.07, 6.45) is 2.32. The van der Waals surface area contributed by atoms with Gasteiger partial charge in [0.1, 0.15) is 0 Å². The van der Waals surface area contributed by atoms with Crippen LogP contribution in [-0.4, -0.2) is 32.0 Å². The Morgan fingerprint density at radius 2 is 2.37 bits per heavy atom. The molecule has 4 nitrogen and oxygen atoms in total. The second kappa shape index (κ2) is 6.98. The Morgan fingerprint density at radius 1 is 1.53 bits per heavy atom. The number of nitrogens with one attached hydrogen (secondary N) is 1. The minimum atomic E-state index is 0.152. The van der Waals surface area contributed by atoms with Crippen molar-refractivity contribution in [3.8, 4) is 11.5 Å². The molecule has 2 N–H and O–H groups in total. The van der Waals surface area contributed by atoms with E-state index in [1.165, 1.54) is 13.5 Å². The van der Waals surface area contributed by atoms with Crippen LogP contribution in [0.3, 0.4) is 0 Å². The fourth-order valence-corrected chi connectivity index (χ4v) is 2.53. The molecule has 0 aliphatic carbocycles. The molecule has 0 radical (unpaired) electrons. The standard InChI is InChI=1S/C14H20ClNO3/c1-18-13-6-12(15)5-11(14(13)17)8-16-7-10-3-2-4-19-9-10/h5-6,10,16-17H,2-4,7-9H2,1H3. The Bertz CT molecular complexity index is 419. The Labute approximate surface area is 118 Å². The molecular formula is C14H20ClNO3. The molecule has 1 fully saturated rings. The first-order chi connectivity index (χ1) is 9.20. The molecule has 1 aromatic carbocycles. The van der Waals surface area contributed by atoms with Gasteiger partial charge in [0.2, 0.25) is 0 Å². The Kier molecular flexibility index (Phi) is 5.31. The number of rotatable bonds is 5. The summed E-state index contributed by atoms with van der Waals surface area (Å²) in [5.41, 5.74) is 0.751. The molecule has 1 aromatic rings. The van der Waals surface area contributed by atoms with Gasteiger partial charge in [-0.05, 0) is 24.8 Å². The lowest BCUT2D eigenvalue weighted by Crippen LogP contribution is -2.28. The van der Waals surface area contributed by atoms with Gasteiger partial charge in [-0.25, -0.2) is 0 Å². The second-order valence-corrected chi connectivity index (χ2v) is 5.27. The molecular weight excluding hydrogens is 266 g/mol. The number of aromatic hydroxyl groups is 1. The number of phenols is 1. The van der Waals surface area contributed by atoms with Crippen LogP contribution in [0.15, 0.2) is 12.1 Å². The molecule has 0 saturated carbocycles. The van der Waals surface area contributed by atoms with Crippen molar-refractivity contribution < 1.29 is 14.6 Å². The van der Waals surface area contributed by atoms with Gasteiger partial charge in [0.15, 0.2) is 11.5 Å². The van der Waals surface area contributed by atoms with Gasteiger partial charge in [0.05, 0.1) is 13.7 Å². The molecule has 106 valence electrons. The number of ether oxygens (including phenoxy) is 2. The highest BCUT2D eigenvalue weighted by Gasteiger charge is 2.14. The number of benzene rings is 1. The Morgan fingerprint density at radius 3 is 3.05 bits per heavy atom. The van der Waals surface area contributed by atoms with E-state index in [4.69, 9.17) is 21.1 Å². The van der Waals surface area contributed by atoms with E-state index < -0.39 is 0 Å². The first-order valence-corrected chi connectivity index (χ1v) is 6.92. The van der Waals surface area contributed by atoms with Crippen LogP contribution in [0.4, 0.5) is 0 Å². The van der Waals surface area contributed by atoms with E-state index in [1.807, 2.05) is 0 Å². The van der Waals surface area contributed by atoms with Crippen LogP contribution in [0.1, 0.15) is 18.4 Å². The number of hydrogen-bond donors (Lipinski definition) is 2. The zero-order valence-corrected chi connectivity index (χ0v) is 11.9. The van der Waals surface area contributed by atoms with Gasteiger partial charge in [0.25, 0.3) is 0 Å². The predicted molar refractivity (Wildman–Crippen MR) is 74.9 cm³/mol. The van der Waals surface area contributed by atoms with Gasteiger partial charge in [-0.1, -0.05) is 11.6 Å². The molecule has 1 atom stereocenters. The maximum absolute atomic E-state index is 10.0. The van der Waals surface area contributed by atoms with E-state index in [1.54, 1.807) is 12.1 Å². The zero-order valence-electron chi connectivity index (χ0n) is 11.1. The SMILES string of the molecule is COc1cc(Cl)cc(CNCC2CCCOC2)c1O. The van der Waals surface area contributed by atoms with E-state index in [-0.39, 0.29) is 5.75 Å². The minimum absolute atomic E-state index is 0.152. The maximum atomic E-state index is 10.0. The highest BCUT2D eigenvalue weighted by Crippen LogP contribution is 2.33. The van der Waals surface area contributed by atoms with Crippen LogP contribution in [0.5, 0.6) is 11.5 Å². The Hall–Kier alpha value is -0.970. The molecule has 1 aliphatic rings. The summed E-state index contributed by atoms with van der Waals surface area (Å²) in [5, 5.41) is 13.9. The topological polar surface area (TPSA) is 50.7 Å². The lowest BCUT2D eigenvalue weighted by Gasteiger charge is -2.22. The number of hydrogen-bond acceptors (Lipinski definition) is 4. The highest BCUT2D eigenvalue weighted by molar-refractivity contribution is 6.30. The number of halogens is 1. The van der Waals surface area contributed by atoms with Gasteiger partial charge < -0.3 is 19.9 Å². The molecule has 19 heavy (non-hydrogen) atoms. The highest BCUT2D eigenvalue weighted by atomic mass is 35.5. The summed E-state index contributed by atoms with van der Waals surface area (Å²) >= 11 is 5.99. The van der Waals surface area contributed by atoms with Crippen LogP contribution >= 0.6 is 11.6 Å². The third-order valence-corrected chi connectivity index (χ3v) is 3.56. The average Bonchev–Trinajstić information content (AvgIpc) is 2.43. The summed E-state index contributed by atoms with van der Waals surface area (Å²) in [6.45, 7) is 3.15. The van der Waals surface area contributed by atoms with E-state index >= 15 is 0 Å². The normalized spacial score (nSPS) is 19.4. The lowest BCUT2D eigenvalue weighted by molar-refractivity contribution is 0.0547. The van der Waals surface area contributed by atoms with Crippen LogP contribution in [0, 0.1) is 5.92 Å². The molecule has 0 aromatic heterocycles. The van der Waals surface area contributed by atoms with E-state index in [0.717, 1.165) is 31.7 Å². The summed E-state index contributed by atoms with van der Waals surface area (Å²) < 4.78 is 10.5. The largest absolute Gasteiger partial charge is 0.504 e. The number of methoxy groups -OCH3 is 1. The van der Waals surface area contributed by atoms with Crippen molar-refractivity contribution in [2.45, 2.75) is 19.4 Å². The molecule has 5 heteroatoms. The molecule has 1 unspecified atom stereocenters. The molecule has 0 bridgehead atoms. The predicted octanol–water partition coefficient (Wildman–Crippen LogP) is 2.57. The van der Waals surface area contributed by atoms with Crippen molar-refractivity contribution in [3.63, 3.8) is 0 Å². The quantitative estimate of drug-likeness (QED) is 0.873. The van der Waals surface area contributed by atoms with Gasteiger partial charge in [-0.15, -0.1) is 0 Å². The van der Waals surface area contributed by atoms with Crippen LogP contribution < -0.4 is 10.1 Å². The Balaban J connectivity index is 1.89. The smallest absolute Gasteiger partial charge is 0.162 e. The fraction of sp³-hybridized carbons (Fsp3) is 0.571. The second-order valence-electron chi connectivity index (χ2n) is 4.83. The van der Waals surface area contributed by atoms with Crippen molar-refractivity contribution in [1.29, 1.82) is 0 Å². The molecule has 1 heterocycles. The molecule has 0 spiro atoms. The van der Waals surface area contributed by atoms with Crippen molar-refractivity contribution in [3.05, 3.63) is 22.7 Å². The van der Waals surface area contributed by atoms with Crippen LogP contribution in [0.2, 0.25) is 5.02 Å². The first kappa shape index (κ1) is 14.4. The van der Waals surface area contributed by atoms with Gasteiger partial charge in [-0.2, -0.15) is 0 Å². The summed E-state index contributed by atoms with van der Waals surface area (Å²) in [7, 11) is 1.52. The fourth-order valence-electron chi connectivity index (χ4n) is 2.30. The number of phenolic OH excluding ortho intramolecular Hbond substituents is 1. The van der Waals surface area contributed by atoms with Crippen molar-refractivity contribution in [2.75, 3.05) is 26.9 Å². The van der Waals surface area contributed by atoms with Crippen molar-refractivity contribution in [2.24, 2.45) is 5.92 Å². The van der Waals surface area contributed by atoms with Gasteiger partial charge >= 0.3 is 0 Å². The lowest BCUT2D eigenvalue weighted by atomic mass is 10.0. The summed E-state index contributed by atoms with van der Waals surface area (Å²) in [6, 6.07) is 3.36. The molecule has 1 saturated heterocycles.